The number of imidazole rings is 2. The number of benzene rings is 1. The van der Waals surface area contributed by atoms with Crippen LogP contribution >= 0.6 is 0 Å². The zero-order chi connectivity index (χ0) is 12.1. The van der Waals surface area contributed by atoms with Crippen LogP contribution in [0.15, 0.2) is 36.4 Å². The van der Waals surface area contributed by atoms with Crippen molar-refractivity contribution < 1.29 is 0 Å². The molecule has 0 saturated heterocycles. The van der Waals surface area contributed by atoms with Crippen LogP contribution in [0.25, 0.3) is 29.0 Å². The highest BCUT2D eigenvalue weighted by atomic mass is 15.2. The van der Waals surface area contributed by atoms with Gasteiger partial charge in [0.05, 0.1) is 22.4 Å². The van der Waals surface area contributed by atoms with Gasteiger partial charge in [-0.05, 0) is 30.7 Å². The minimum atomic E-state index is 0.989. The summed E-state index contributed by atoms with van der Waals surface area (Å²) in [5.41, 5.74) is 4.66. The van der Waals surface area contributed by atoms with Gasteiger partial charge in [-0.3, -0.25) is 4.40 Å². The predicted molar refractivity (Wildman–Crippen MR) is 74.4 cm³/mol. The summed E-state index contributed by atoms with van der Waals surface area (Å²) < 4.78 is 4.39. The van der Waals surface area contributed by atoms with Gasteiger partial charge >= 0.3 is 0 Å². The Balaban J connectivity index is 2.27. The maximum atomic E-state index is 4.71. The highest BCUT2D eigenvalue weighted by Gasteiger charge is 2.16. The van der Waals surface area contributed by atoms with Crippen molar-refractivity contribution in [1.29, 1.82) is 0 Å². The van der Waals surface area contributed by atoms with Crippen molar-refractivity contribution in [2.45, 2.75) is 6.42 Å². The number of allylic oxidation sites excluding steroid dienone is 2. The molecule has 0 bridgehead atoms. The van der Waals surface area contributed by atoms with E-state index in [-0.39, 0.29) is 0 Å². The van der Waals surface area contributed by atoms with Crippen LogP contribution < -0.4 is 0 Å². The van der Waals surface area contributed by atoms with E-state index in [0.29, 0.717) is 0 Å². The number of hydrogen-bond donors (Lipinski definition) is 0. The summed E-state index contributed by atoms with van der Waals surface area (Å²) in [6, 6.07) is 8.28. The molecule has 3 aromatic rings. The lowest BCUT2D eigenvalue weighted by Gasteiger charge is -1.97. The van der Waals surface area contributed by atoms with E-state index in [2.05, 4.69) is 58.5 Å². The van der Waals surface area contributed by atoms with Gasteiger partial charge in [0.2, 0.25) is 5.78 Å². The molecule has 0 N–H and O–H groups in total. The summed E-state index contributed by atoms with van der Waals surface area (Å²) in [5.74, 6) is 0.998. The molecule has 0 fully saturated rings. The van der Waals surface area contributed by atoms with Gasteiger partial charge in [0, 0.05) is 7.05 Å². The van der Waals surface area contributed by atoms with Crippen LogP contribution in [0, 0.1) is 0 Å². The minimum absolute atomic E-state index is 0.989. The van der Waals surface area contributed by atoms with Crippen molar-refractivity contribution in [3.63, 3.8) is 0 Å². The minimum Gasteiger partial charge on any atom is -0.313 e. The van der Waals surface area contributed by atoms with E-state index in [9.17, 15) is 0 Å². The van der Waals surface area contributed by atoms with E-state index in [1.807, 2.05) is 6.07 Å². The van der Waals surface area contributed by atoms with E-state index in [4.69, 9.17) is 4.98 Å². The summed E-state index contributed by atoms with van der Waals surface area (Å²) in [6.45, 7) is 0. The molecule has 3 heteroatoms. The summed E-state index contributed by atoms with van der Waals surface area (Å²) >= 11 is 0. The molecular formula is C15H13N3. The molecule has 18 heavy (non-hydrogen) atoms. The maximum absolute atomic E-state index is 4.71. The van der Waals surface area contributed by atoms with E-state index in [0.717, 1.165) is 17.7 Å². The fourth-order valence-electron chi connectivity index (χ4n) is 2.66. The van der Waals surface area contributed by atoms with Gasteiger partial charge in [-0.1, -0.05) is 24.3 Å². The van der Waals surface area contributed by atoms with Crippen LogP contribution in [-0.2, 0) is 7.05 Å². The fraction of sp³-hybridized carbons (Fsp3) is 0.133. The first-order chi connectivity index (χ1) is 8.86. The Morgan fingerprint density at radius 2 is 1.83 bits per heavy atom. The van der Waals surface area contributed by atoms with Crippen molar-refractivity contribution >= 4 is 29.0 Å². The number of hydrogen-bond acceptors (Lipinski definition) is 1. The van der Waals surface area contributed by atoms with E-state index in [1.165, 1.54) is 16.9 Å². The molecule has 0 aliphatic heterocycles. The van der Waals surface area contributed by atoms with Gasteiger partial charge in [0.15, 0.2) is 0 Å². The smallest absolute Gasteiger partial charge is 0.215 e. The second kappa shape index (κ2) is 3.35. The van der Waals surface area contributed by atoms with Crippen molar-refractivity contribution in [2.24, 2.45) is 7.05 Å². The molecule has 0 saturated carbocycles. The van der Waals surface area contributed by atoms with Crippen molar-refractivity contribution in [1.82, 2.24) is 14.0 Å². The number of nitrogens with zero attached hydrogens (tertiary/aromatic N) is 3. The largest absolute Gasteiger partial charge is 0.313 e. The molecule has 2 heterocycles. The molecule has 0 amide bonds. The topological polar surface area (TPSA) is 22.2 Å². The first-order valence-corrected chi connectivity index (χ1v) is 6.15. The van der Waals surface area contributed by atoms with Gasteiger partial charge in [-0.15, -0.1) is 0 Å². The molecule has 1 aliphatic carbocycles. The third-order valence-electron chi connectivity index (χ3n) is 3.53. The van der Waals surface area contributed by atoms with Gasteiger partial charge in [0.1, 0.15) is 0 Å². The van der Waals surface area contributed by atoms with Gasteiger partial charge < -0.3 is 4.57 Å². The molecule has 2 aromatic heterocycles. The lowest BCUT2D eigenvalue weighted by molar-refractivity contribution is 0.928. The average molecular weight is 235 g/mol. The molecule has 0 radical (unpaired) electrons. The number of fused-ring (bicyclic) bond motifs is 5. The fourth-order valence-corrected chi connectivity index (χ4v) is 2.66. The number of rotatable bonds is 0. The second-order valence-electron chi connectivity index (χ2n) is 4.61. The van der Waals surface area contributed by atoms with Gasteiger partial charge in [0.25, 0.3) is 0 Å². The quantitative estimate of drug-likeness (QED) is 0.586. The SMILES string of the molecule is Cn1c2c(n3c4ccccc4nc13)C=CCC=C2. The summed E-state index contributed by atoms with van der Waals surface area (Å²) in [4.78, 5) is 4.71. The first-order valence-electron chi connectivity index (χ1n) is 6.15. The Morgan fingerprint density at radius 1 is 1.06 bits per heavy atom. The number of aromatic nitrogens is 3. The van der Waals surface area contributed by atoms with Crippen molar-refractivity contribution in [2.75, 3.05) is 0 Å². The van der Waals surface area contributed by atoms with Gasteiger partial charge in [-0.25, -0.2) is 4.98 Å². The van der Waals surface area contributed by atoms with Crippen LogP contribution in [0.3, 0.4) is 0 Å². The van der Waals surface area contributed by atoms with Crippen LogP contribution in [0.5, 0.6) is 0 Å². The van der Waals surface area contributed by atoms with Crippen molar-refractivity contribution in [3.8, 4) is 0 Å². The van der Waals surface area contributed by atoms with E-state index >= 15 is 0 Å². The second-order valence-corrected chi connectivity index (χ2v) is 4.61. The maximum Gasteiger partial charge on any atom is 0.215 e. The molecule has 4 rings (SSSR count). The average Bonchev–Trinajstić information content (AvgIpc) is 2.76. The Kier molecular flexibility index (Phi) is 1.81. The van der Waals surface area contributed by atoms with Crippen LogP contribution in [0.2, 0.25) is 0 Å². The monoisotopic (exact) mass is 235 g/mol. The van der Waals surface area contributed by atoms with Crippen LogP contribution in [0.4, 0.5) is 0 Å². The molecule has 0 atom stereocenters. The zero-order valence-electron chi connectivity index (χ0n) is 10.2. The molecule has 0 spiro atoms. The third-order valence-corrected chi connectivity index (χ3v) is 3.53. The highest BCUT2D eigenvalue weighted by molar-refractivity contribution is 5.83. The predicted octanol–water partition coefficient (Wildman–Crippen LogP) is 3.26. The normalized spacial score (nSPS) is 14.3. The Labute approximate surface area is 105 Å². The number of aryl methyl sites for hydroxylation is 1. The first kappa shape index (κ1) is 9.71. The van der Waals surface area contributed by atoms with Crippen LogP contribution in [-0.4, -0.2) is 14.0 Å². The molecule has 1 aliphatic rings. The number of para-hydroxylation sites is 2. The Morgan fingerprint density at radius 3 is 2.72 bits per heavy atom. The molecule has 3 nitrogen and oxygen atoms in total. The summed E-state index contributed by atoms with van der Waals surface area (Å²) in [7, 11) is 2.07. The molecule has 88 valence electrons. The standard InChI is InChI=1S/C15H13N3/c1-17-13-9-3-2-4-10-14(13)18-12-8-6-5-7-11(12)16-15(17)18/h3-10H,2H2,1H3. The van der Waals surface area contributed by atoms with Gasteiger partial charge in [-0.2, -0.15) is 0 Å². The molecular weight excluding hydrogens is 222 g/mol. The third kappa shape index (κ3) is 1.11. The highest BCUT2D eigenvalue weighted by Crippen LogP contribution is 2.26. The lowest BCUT2D eigenvalue weighted by Crippen LogP contribution is -1.91. The molecule has 0 unspecified atom stereocenters. The summed E-state index contributed by atoms with van der Waals surface area (Å²) in [5, 5.41) is 0. The van der Waals surface area contributed by atoms with Crippen molar-refractivity contribution in [3.05, 3.63) is 47.8 Å². The van der Waals surface area contributed by atoms with Crippen LogP contribution in [0.1, 0.15) is 17.8 Å². The zero-order valence-corrected chi connectivity index (χ0v) is 10.2. The lowest BCUT2D eigenvalue weighted by atomic mass is 10.3. The van der Waals surface area contributed by atoms with E-state index < -0.39 is 0 Å². The Hall–Kier alpha value is -2.29. The Bertz CT molecular complexity index is 815. The summed E-state index contributed by atoms with van der Waals surface area (Å²) in [6.07, 6.45) is 9.73. The molecule has 1 aromatic carbocycles. The van der Waals surface area contributed by atoms with E-state index in [1.54, 1.807) is 0 Å².